The fraction of sp³-hybridized carbons (Fsp3) is 0.462. The van der Waals surface area contributed by atoms with E-state index in [1.165, 1.54) is 0 Å². The smallest absolute Gasteiger partial charge is 0.237 e. The van der Waals surface area contributed by atoms with Gasteiger partial charge in [-0.1, -0.05) is 11.6 Å². The van der Waals surface area contributed by atoms with Crippen LogP contribution in [0.5, 0.6) is 5.75 Å². The van der Waals surface area contributed by atoms with Gasteiger partial charge >= 0.3 is 0 Å². The van der Waals surface area contributed by atoms with Crippen LogP contribution in [-0.4, -0.2) is 25.1 Å². The Morgan fingerprint density at radius 3 is 3.17 bits per heavy atom. The van der Waals surface area contributed by atoms with Gasteiger partial charge < -0.3 is 15.4 Å². The second-order valence-electron chi connectivity index (χ2n) is 4.70. The van der Waals surface area contributed by atoms with E-state index < -0.39 is 0 Å². The normalized spacial score (nSPS) is 25.6. The third-order valence-corrected chi connectivity index (χ3v) is 3.68. The SMILES string of the molecule is O=C(NC1COc2ccc(Cl)cc21)C1CCCN1. The summed E-state index contributed by atoms with van der Waals surface area (Å²) in [6.45, 7) is 1.40. The molecular weight excluding hydrogens is 252 g/mol. The first-order valence-corrected chi connectivity index (χ1v) is 6.58. The van der Waals surface area contributed by atoms with E-state index >= 15 is 0 Å². The summed E-state index contributed by atoms with van der Waals surface area (Å²) in [6.07, 6.45) is 1.96. The molecule has 1 aromatic carbocycles. The molecule has 2 aliphatic heterocycles. The van der Waals surface area contributed by atoms with E-state index in [9.17, 15) is 4.79 Å². The number of benzene rings is 1. The van der Waals surface area contributed by atoms with Crippen molar-refractivity contribution in [2.24, 2.45) is 0 Å². The zero-order chi connectivity index (χ0) is 12.5. The minimum Gasteiger partial charge on any atom is -0.491 e. The van der Waals surface area contributed by atoms with Crippen LogP contribution < -0.4 is 15.4 Å². The second-order valence-corrected chi connectivity index (χ2v) is 5.14. The topological polar surface area (TPSA) is 50.4 Å². The molecular formula is C13H15ClN2O2. The quantitative estimate of drug-likeness (QED) is 0.856. The maximum atomic E-state index is 12.0. The number of ether oxygens (including phenoxy) is 1. The fourth-order valence-corrected chi connectivity index (χ4v) is 2.67. The highest BCUT2D eigenvalue weighted by atomic mass is 35.5. The number of fused-ring (bicyclic) bond motifs is 1. The van der Waals surface area contributed by atoms with Gasteiger partial charge in [0, 0.05) is 10.6 Å². The molecule has 1 saturated heterocycles. The van der Waals surface area contributed by atoms with Crippen molar-refractivity contribution in [3.05, 3.63) is 28.8 Å². The maximum absolute atomic E-state index is 12.0. The summed E-state index contributed by atoms with van der Waals surface area (Å²) in [6, 6.07) is 5.35. The van der Waals surface area contributed by atoms with E-state index in [1.54, 1.807) is 6.07 Å². The van der Waals surface area contributed by atoms with Crippen molar-refractivity contribution in [3.8, 4) is 5.75 Å². The molecule has 96 valence electrons. The highest BCUT2D eigenvalue weighted by Crippen LogP contribution is 2.34. The number of amides is 1. The lowest BCUT2D eigenvalue weighted by atomic mass is 10.1. The number of carbonyl (C=O) groups excluding carboxylic acids is 1. The molecule has 18 heavy (non-hydrogen) atoms. The minimum atomic E-state index is -0.0893. The van der Waals surface area contributed by atoms with E-state index in [1.807, 2.05) is 12.1 Å². The van der Waals surface area contributed by atoms with Crippen LogP contribution in [0.4, 0.5) is 0 Å². The van der Waals surface area contributed by atoms with E-state index in [0.29, 0.717) is 11.6 Å². The highest BCUT2D eigenvalue weighted by molar-refractivity contribution is 6.30. The Bertz CT molecular complexity index is 472. The minimum absolute atomic E-state index is 0.0499. The maximum Gasteiger partial charge on any atom is 0.237 e. The monoisotopic (exact) mass is 266 g/mol. The zero-order valence-corrected chi connectivity index (χ0v) is 10.7. The van der Waals surface area contributed by atoms with Gasteiger partial charge in [-0.15, -0.1) is 0 Å². The Hall–Kier alpha value is -1.26. The van der Waals surface area contributed by atoms with Crippen LogP contribution >= 0.6 is 11.6 Å². The number of halogens is 1. The molecule has 1 aromatic rings. The van der Waals surface area contributed by atoms with Gasteiger partial charge in [0.05, 0.1) is 12.1 Å². The van der Waals surface area contributed by atoms with Gasteiger partial charge in [0.1, 0.15) is 12.4 Å². The van der Waals surface area contributed by atoms with Gasteiger partial charge in [-0.2, -0.15) is 0 Å². The number of hydrogen-bond acceptors (Lipinski definition) is 3. The van der Waals surface area contributed by atoms with E-state index in [4.69, 9.17) is 16.3 Å². The molecule has 5 heteroatoms. The zero-order valence-electron chi connectivity index (χ0n) is 9.91. The molecule has 1 amide bonds. The first-order chi connectivity index (χ1) is 8.74. The van der Waals surface area contributed by atoms with Gasteiger partial charge in [0.2, 0.25) is 5.91 Å². The third-order valence-electron chi connectivity index (χ3n) is 3.45. The highest BCUT2D eigenvalue weighted by Gasteiger charge is 2.29. The third kappa shape index (κ3) is 2.18. The van der Waals surface area contributed by atoms with Crippen LogP contribution in [0.3, 0.4) is 0 Å². The summed E-state index contributed by atoms with van der Waals surface area (Å²) in [5, 5.41) is 6.87. The number of rotatable bonds is 2. The van der Waals surface area contributed by atoms with Gasteiger partial charge in [-0.25, -0.2) is 0 Å². The summed E-state index contributed by atoms with van der Waals surface area (Å²) >= 11 is 5.97. The van der Waals surface area contributed by atoms with Crippen molar-refractivity contribution >= 4 is 17.5 Å². The van der Waals surface area contributed by atoms with Crippen LogP contribution in [0.25, 0.3) is 0 Å². The van der Waals surface area contributed by atoms with Crippen molar-refractivity contribution in [3.63, 3.8) is 0 Å². The van der Waals surface area contributed by atoms with Crippen LogP contribution in [0.2, 0.25) is 5.02 Å². The molecule has 0 aliphatic carbocycles. The molecule has 0 spiro atoms. The van der Waals surface area contributed by atoms with Crippen LogP contribution in [-0.2, 0) is 4.79 Å². The number of carbonyl (C=O) groups is 1. The van der Waals surface area contributed by atoms with Gasteiger partial charge in [0.25, 0.3) is 0 Å². The van der Waals surface area contributed by atoms with Crippen LogP contribution in [0, 0.1) is 0 Å². The lowest BCUT2D eigenvalue weighted by Gasteiger charge is -2.15. The Balaban J connectivity index is 1.72. The van der Waals surface area contributed by atoms with Crippen molar-refractivity contribution in [2.45, 2.75) is 24.9 Å². The largest absolute Gasteiger partial charge is 0.491 e. The molecule has 2 aliphatic rings. The summed E-state index contributed by atoms with van der Waals surface area (Å²) < 4.78 is 5.54. The molecule has 2 heterocycles. The van der Waals surface area contributed by atoms with E-state index in [-0.39, 0.29) is 18.0 Å². The summed E-state index contributed by atoms with van der Waals surface area (Å²) in [7, 11) is 0. The van der Waals surface area contributed by atoms with Gasteiger partial charge in [0.15, 0.2) is 0 Å². The molecule has 3 rings (SSSR count). The van der Waals surface area contributed by atoms with Crippen molar-refractivity contribution in [1.82, 2.24) is 10.6 Å². The van der Waals surface area contributed by atoms with Gasteiger partial charge in [-0.3, -0.25) is 4.79 Å². The van der Waals surface area contributed by atoms with E-state index in [0.717, 1.165) is 30.7 Å². The Morgan fingerprint density at radius 2 is 2.39 bits per heavy atom. The Kier molecular flexibility index (Phi) is 3.14. The first kappa shape index (κ1) is 11.8. The van der Waals surface area contributed by atoms with Crippen molar-refractivity contribution in [2.75, 3.05) is 13.2 Å². The molecule has 0 aromatic heterocycles. The molecule has 2 unspecified atom stereocenters. The summed E-state index contributed by atoms with van der Waals surface area (Å²) in [4.78, 5) is 12.0. The number of nitrogens with one attached hydrogen (secondary N) is 2. The molecule has 2 atom stereocenters. The van der Waals surface area contributed by atoms with Crippen molar-refractivity contribution in [1.29, 1.82) is 0 Å². The Labute approximate surface area is 111 Å². The molecule has 0 bridgehead atoms. The second kappa shape index (κ2) is 4.78. The van der Waals surface area contributed by atoms with Crippen LogP contribution in [0.15, 0.2) is 18.2 Å². The summed E-state index contributed by atoms with van der Waals surface area (Å²) in [5.41, 5.74) is 0.967. The molecule has 0 saturated carbocycles. The molecule has 4 nitrogen and oxygen atoms in total. The fourth-order valence-electron chi connectivity index (χ4n) is 2.49. The van der Waals surface area contributed by atoms with E-state index in [2.05, 4.69) is 10.6 Å². The molecule has 2 N–H and O–H groups in total. The Morgan fingerprint density at radius 1 is 1.50 bits per heavy atom. The molecule has 0 radical (unpaired) electrons. The lowest BCUT2D eigenvalue weighted by molar-refractivity contribution is -0.123. The standard InChI is InChI=1S/C13H15ClN2O2/c14-8-3-4-12-9(6-8)11(7-18-12)16-13(17)10-2-1-5-15-10/h3-4,6,10-11,15H,1-2,5,7H2,(H,16,17). The summed E-state index contributed by atoms with van der Waals surface area (Å²) in [5.74, 6) is 0.859. The first-order valence-electron chi connectivity index (χ1n) is 6.20. The predicted octanol–water partition coefficient (Wildman–Crippen LogP) is 1.64. The van der Waals surface area contributed by atoms with Crippen LogP contribution in [0.1, 0.15) is 24.4 Å². The molecule has 1 fully saturated rings. The van der Waals surface area contributed by atoms with Crippen molar-refractivity contribution < 1.29 is 9.53 Å². The number of hydrogen-bond donors (Lipinski definition) is 2. The lowest BCUT2D eigenvalue weighted by Crippen LogP contribution is -2.42. The average molecular weight is 267 g/mol. The predicted molar refractivity (Wildman–Crippen MR) is 68.9 cm³/mol. The average Bonchev–Trinajstić information content (AvgIpc) is 2.99. The van der Waals surface area contributed by atoms with Gasteiger partial charge in [-0.05, 0) is 37.6 Å².